The Bertz CT molecular complexity index is 1320. The fourth-order valence-corrected chi connectivity index (χ4v) is 4.96. The molecule has 0 saturated carbocycles. The van der Waals surface area contributed by atoms with E-state index in [1.54, 1.807) is 32.0 Å². The van der Waals surface area contributed by atoms with Crippen LogP contribution in [0.15, 0.2) is 48.5 Å². The molecule has 1 unspecified atom stereocenters. The molecule has 0 saturated heterocycles. The van der Waals surface area contributed by atoms with Crippen LogP contribution >= 0.6 is 0 Å². The van der Waals surface area contributed by atoms with Gasteiger partial charge in [-0.2, -0.15) is 8.78 Å². The summed E-state index contributed by atoms with van der Waals surface area (Å²) in [4.78, 5) is 0. The average molecular weight is 531 g/mol. The molecule has 0 N–H and O–H groups in total. The number of rotatable bonds is 10. The second kappa shape index (κ2) is 12.5. The lowest BCUT2D eigenvalue weighted by atomic mass is 9.83. The molecule has 0 bridgehead atoms. The van der Waals surface area contributed by atoms with Crippen LogP contribution in [0.4, 0.5) is 22.0 Å². The predicted molar refractivity (Wildman–Crippen MR) is 139 cm³/mol. The lowest BCUT2D eigenvalue weighted by molar-refractivity contribution is 0.314. The number of hydrogen-bond donors (Lipinski definition) is 0. The number of halogens is 5. The first-order valence-electron chi connectivity index (χ1n) is 13.0. The lowest BCUT2D eigenvalue weighted by Crippen LogP contribution is -2.08. The smallest absolute Gasteiger partial charge is 0.201 e. The van der Waals surface area contributed by atoms with Gasteiger partial charge in [0.25, 0.3) is 0 Å². The summed E-state index contributed by atoms with van der Waals surface area (Å²) in [5.41, 5.74) is 1.81. The molecule has 1 aliphatic carbocycles. The summed E-state index contributed by atoms with van der Waals surface area (Å²) in [6, 6.07) is 10.2. The third-order valence-electron chi connectivity index (χ3n) is 6.98. The van der Waals surface area contributed by atoms with Crippen molar-refractivity contribution >= 4 is 5.57 Å². The van der Waals surface area contributed by atoms with E-state index < -0.39 is 29.1 Å². The second-order valence-corrected chi connectivity index (χ2v) is 9.41. The van der Waals surface area contributed by atoms with Crippen LogP contribution in [0.1, 0.15) is 57.1 Å². The maximum absolute atomic E-state index is 14.8. The zero-order valence-corrected chi connectivity index (χ0v) is 21.6. The summed E-state index contributed by atoms with van der Waals surface area (Å²) in [7, 11) is 0. The highest BCUT2D eigenvalue weighted by atomic mass is 19.2. The molecule has 0 heterocycles. The normalized spacial score (nSPS) is 15.3. The van der Waals surface area contributed by atoms with Gasteiger partial charge in [0.1, 0.15) is 5.82 Å². The van der Waals surface area contributed by atoms with Crippen LogP contribution in [0, 0.1) is 35.0 Å². The average Bonchev–Trinajstić information content (AvgIpc) is 2.91. The van der Waals surface area contributed by atoms with Gasteiger partial charge < -0.3 is 9.47 Å². The quantitative estimate of drug-likeness (QED) is 0.244. The maximum Gasteiger partial charge on any atom is 0.201 e. The molecule has 7 heteroatoms. The Hall–Kier alpha value is -3.35. The summed E-state index contributed by atoms with van der Waals surface area (Å²) in [6.45, 7) is 3.85. The van der Waals surface area contributed by atoms with Crippen LogP contribution in [0.3, 0.4) is 0 Å². The van der Waals surface area contributed by atoms with E-state index in [1.807, 2.05) is 6.08 Å². The summed E-state index contributed by atoms with van der Waals surface area (Å²) in [5, 5.41) is 0. The third kappa shape index (κ3) is 6.03. The largest absolute Gasteiger partial charge is 0.491 e. The molecule has 0 fully saturated rings. The molecule has 1 atom stereocenters. The standard InChI is InChI=1S/C31H31F5O2/c1-3-37-26-16-14-23(28(33)30(26)35)20-10-8-19(9-11-20)6-5-7-21-12-13-22(18-25(21)32)24-15-17-27(38-4-2)31(36)29(24)34/h10,12-19H,3-9,11H2,1-2H3. The van der Waals surface area contributed by atoms with Crippen molar-refractivity contribution in [2.24, 2.45) is 5.92 Å². The summed E-state index contributed by atoms with van der Waals surface area (Å²) in [5.74, 6) is -4.35. The van der Waals surface area contributed by atoms with Crippen molar-refractivity contribution in [2.45, 2.75) is 52.4 Å². The maximum atomic E-state index is 14.8. The van der Waals surface area contributed by atoms with Crippen molar-refractivity contribution in [1.29, 1.82) is 0 Å². The third-order valence-corrected chi connectivity index (χ3v) is 6.98. The van der Waals surface area contributed by atoms with Crippen molar-refractivity contribution in [1.82, 2.24) is 0 Å². The number of ether oxygens (including phenoxy) is 2. The Morgan fingerprint density at radius 3 is 1.97 bits per heavy atom. The van der Waals surface area contributed by atoms with Crippen molar-refractivity contribution in [2.75, 3.05) is 13.2 Å². The van der Waals surface area contributed by atoms with Gasteiger partial charge in [-0.3, -0.25) is 0 Å². The molecule has 38 heavy (non-hydrogen) atoms. The lowest BCUT2D eigenvalue weighted by Gasteiger charge is -2.23. The topological polar surface area (TPSA) is 18.5 Å². The summed E-state index contributed by atoms with van der Waals surface area (Å²) in [6.07, 6.45) is 6.32. The molecule has 4 rings (SSSR count). The SMILES string of the molecule is CCOc1ccc(C2=CCC(CCCc3ccc(-c4ccc(OCC)c(F)c4F)cc3F)CC2)c(F)c1F. The Morgan fingerprint density at radius 2 is 1.39 bits per heavy atom. The summed E-state index contributed by atoms with van der Waals surface area (Å²) < 4.78 is 82.5. The highest BCUT2D eigenvalue weighted by Gasteiger charge is 2.21. The van der Waals surface area contributed by atoms with Gasteiger partial charge >= 0.3 is 0 Å². The van der Waals surface area contributed by atoms with Crippen LogP contribution in [-0.2, 0) is 6.42 Å². The minimum atomic E-state index is -1.09. The van der Waals surface area contributed by atoms with Crippen LogP contribution < -0.4 is 9.47 Å². The molecule has 2 nitrogen and oxygen atoms in total. The Kier molecular flexibility index (Phi) is 9.08. The van der Waals surface area contributed by atoms with E-state index >= 15 is 0 Å². The molecular weight excluding hydrogens is 499 g/mol. The minimum Gasteiger partial charge on any atom is -0.491 e. The van der Waals surface area contributed by atoms with Gasteiger partial charge in [0.05, 0.1) is 13.2 Å². The van der Waals surface area contributed by atoms with Crippen LogP contribution in [-0.4, -0.2) is 13.2 Å². The van der Waals surface area contributed by atoms with E-state index in [-0.39, 0.29) is 41.4 Å². The molecule has 0 amide bonds. The first-order valence-corrected chi connectivity index (χ1v) is 13.0. The van der Waals surface area contributed by atoms with Gasteiger partial charge in [-0.15, -0.1) is 0 Å². The van der Waals surface area contributed by atoms with Crippen molar-refractivity contribution < 1.29 is 31.4 Å². The van der Waals surface area contributed by atoms with E-state index in [9.17, 15) is 22.0 Å². The van der Waals surface area contributed by atoms with Crippen LogP contribution in [0.5, 0.6) is 11.5 Å². The van der Waals surface area contributed by atoms with Gasteiger partial charge in [-0.05, 0) is 105 Å². The van der Waals surface area contributed by atoms with Crippen molar-refractivity contribution in [3.63, 3.8) is 0 Å². The van der Waals surface area contributed by atoms with Crippen LogP contribution in [0.2, 0.25) is 0 Å². The van der Waals surface area contributed by atoms with Crippen LogP contribution in [0.25, 0.3) is 16.7 Å². The van der Waals surface area contributed by atoms with Crippen molar-refractivity contribution in [3.8, 4) is 22.6 Å². The van der Waals surface area contributed by atoms with E-state index in [2.05, 4.69) is 0 Å². The monoisotopic (exact) mass is 530 g/mol. The van der Waals surface area contributed by atoms with E-state index in [1.165, 1.54) is 24.3 Å². The number of allylic oxidation sites excluding steroid dienone is 2. The minimum absolute atomic E-state index is 0.0231. The van der Waals surface area contributed by atoms with Gasteiger partial charge in [0.15, 0.2) is 23.1 Å². The molecular formula is C31H31F5O2. The Morgan fingerprint density at radius 1 is 0.763 bits per heavy atom. The second-order valence-electron chi connectivity index (χ2n) is 9.41. The van der Waals surface area contributed by atoms with Gasteiger partial charge in [0.2, 0.25) is 11.6 Å². The molecule has 3 aromatic rings. The molecule has 0 aromatic heterocycles. The number of benzene rings is 3. The first kappa shape index (κ1) is 27.7. The zero-order chi connectivity index (χ0) is 27.2. The predicted octanol–water partition coefficient (Wildman–Crippen LogP) is 9.05. The first-order chi connectivity index (χ1) is 18.3. The molecule has 202 valence electrons. The molecule has 0 spiro atoms. The van der Waals surface area contributed by atoms with Gasteiger partial charge in [-0.1, -0.05) is 18.2 Å². The fourth-order valence-electron chi connectivity index (χ4n) is 4.96. The molecule has 3 aromatic carbocycles. The molecule has 1 aliphatic rings. The van der Waals surface area contributed by atoms with E-state index in [4.69, 9.17) is 9.47 Å². The van der Waals surface area contributed by atoms with Gasteiger partial charge in [-0.25, -0.2) is 13.2 Å². The molecule has 0 radical (unpaired) electrons. The summed E-state index contributed by atoms with van der Waals surface area (Å²) >= 11 is 0. The molecule has 0 aliphatic heterocycles. The Balaban J connectivity index is 1.34. The fraction of sp³-hybridized carbons (Fsp3) is 0.355. The van der Waals surface area contributed by atoms with Gasteiger partial charge in [0, 0.05) is 11.1 Å². The number of aryl methyl sites for hydroxylation is 1. The Labute approximate surface area is 220 Å². The van der Waals surface area contributed by atoms with Crippen molar-refractivity contribution in [3.05, 3.63) is 88.8 Å². The highest BCUT2D eigenvalue weighted by Crippen LogP contribution is 2.36. The highest BCUT2D eigenvalue weighted by molar-refractivity contribution is 5.68. The van der Waals surface area contributed by atoms with E-state index in [0.717, 1.165) is 31.3 Å². The number of hydrogen-bond acceptors (Lipinski definition) is 2. The van der Waals surface area contributed by atoms with E-state index in [0.29, 0.717) is 24.3 Å². The zero-order valence-electron chi connectivity index (χ0n) is 21.6.